The Kier molecular flexibility index (Phi) is 2.17. The number of halogens is 2. The molecule has 5 heteroatoms. The Morgan fingerprint density at radius 3 is 2.94 bits per heavy atom. The van der Waals surface area contributed by atoms with E-state index in [0.29, 0.717) is 29.1 Å². The Balaban J connectivity index is 2.31. The third-order valence-corrected chi connectivity index (χ3v) is 4.03. The van der Waals surface area contributed by atoms with Gasteiger partial charge in [-0.2, -0.15) is 0 Å². The molecule has 2 aliphatic rings. The van der Waals surface area contributed by atoms with E-state index in [1.807, 2.05) is 4.90 Å². The van der Waals surface area contributed by atoms with Gasteiger partial charge in [-0.15, -0.1) is 11.8 Å². The number of nitrogens with zero attached hydrogens (tertiary/aromatic N) is 1. The molecule has 2 heterocycles. The van der Waals surface area contributed by atoms with Crippen molar-refractivity contribution < 1.29 is 13.6 Å². The van der Waals surface area contributed by atoms with Gasteiger partial charge in [0.2, 0.25) is 0 Å². The normalized spacial score (nSPS) is 18.6. The van der Waals surface area contributed by atoms with Crippen LogP contribution < -0.4 is 4.90 Å². The van der Waals surface area contributed by atoms with Gasteiger partial charge in [0.15, 0.2) is 17.4 Å². The summed E-state index contributed by atoms with van der Waals surface area (Å²) in [6, 6.07) is 1.04. The van der Waals surface area contributed by atoms with Crippen LogP contribution >= 0.6 is 11.8 Å². The fourth-order valence-corrected chi connectivity index (χ4v) is 3.33. The minimum Gasteiger partial charge on any atom is -0.369 e. The molecule has 16 heavy (non-hydrogen) atoms. The van der Waals surface area contributed by atoms with Crippen molar-refractivity contribution in [2.24, 2.45) is 0 Å². The largest absolute Gasteiger partial charge is 0.369 e. The molecule has 1 aromatic carbocycles. The summed E-state index contributed by atoms with van der Waals surface area (Å²) in [4.78, 5) is 13.9. The number of carbonyl (C=O) groups excluding carboxylic acids is 1. The van der Waals surface area contributed by atoms with Gasteiger partial charge in [0.25, 0.3) is 0 Å². The summed E-state index contributed by atoms with van der Waals surface area (Å²) in [5.41, 5.74) is 0.943. The van der Waals surface area contributed by atoms with Gasteiger partial charge in [-0.25, -0.2) is 8.78 Å². The molecule has 0 atom stereocenters. The predicted octanol–water partition coefficient (Wildman–Crippen LogP) is 2.46. The lowest BCUT2D eigenvalue weighted by molar-refractivity contribution is 0.0979. The molecule has 1 aromatic rings. The molecule has 0 unspecified atom stereocenters. The van der Waals surface area contributed by atoms with E-state index in [1.165, 1.54) is 11.8 Å². The van der Waals surface area contributed by atoms with Crippen LogP contribution in [0.5, 0.6) is 0 Å². The van der Waals surface area contributed by atoms with Crippen molar-refractivity contribution >= 4 is 23.2 Å². The highest BCUT2D eigenvalue weighted by Crippen LogP contribution is 2.42. The highest BCUT2D eigenvalue weighted by atomic mass is 32.2. The second kappa shape index (κ2) is 3.45. The smallest absolute Gasteiger partial charge is 0.174 e. The molecule has 0 N–H and O–H groups in total. The summed E-state index contributed by atoms with van der Waals surface area (Å²) in [5, 5.41) is 0. The summed E-state index contributed by atoms with van der Waals surface area (Å²) < 4.78 is 26.9. The SMILES string of the molecule is O=C1CCN2CCSc3c(F)c(F)cc1c32. The van der Waals surface area contributed by atoms with E-state index in [0.717, 1.165) is 18.4 Å². The molecule has 0 spiro atoms. The lowest BCUT2D eigenvalue weighted by Crippen LogP contribution is -2.37. The van der Waals surface area contributed by atoms with Gasteiger partial charge in [0, 0.05) is 30.8 Å². The van der Waals surface area contributed by atoms with E-state index in [-0.39, 0.29) is 5.78 Å². The molecular formula is C11H9F2NOS. The maximum atomic E-state index is 13.6. The number of ketones is 1. The minimum absolute atomic E-state index is 0.0890. The lowest BCUT2D eigenvalue weighted by Gasteiger charge is -2.35. The summed E-state index contributed by atoms with van der Waals surface area (Å²) in [7, 11) is 0. The standard InChI is InChI=1S/C11H9F2NOS/c12-7-5-6-8(15)1-2-14-3-4-16-11(9(7)13)10(6)14/h5H,1-4H2. The Hall–Kier alpha value is -1.10. The molecule has 0 fully saturated rings. The van der Waals surface area contributed by atoms with Crippen molar-refractivity contribution in [3.05, 3.63) is 23.3 Å². The number of Topliss-reactive ketones (excluding diaryl/α,β-unsaturated/α-hetero) is 1. The Bertz CT molecular complexity index is 489. The molecule has 0 bridgehead atoms. The number of anilines is 1. The molecule has 0 aliphatic carbocycles. The summed E-state index contributed by atoms with van der Waals surface area (Å²) in [6.07, 6.45) is 0.391. The highest BCUT2D eigenvalue weighted by Gasteiger charge is 2.32. The van der Waals surface area contributed by atoms with Crippen molar-refractivity contribution in [1.29, 1.82) is 0 Å². The average molecular weight is 241 g/mol. The van der Waals surface area contributed by atoms with E-state index < -0.39 is 11.6 Å². The van der Waals surface area contributed by atoms with Crippen molar-refractivity contribution in [3.8, 4) is 0 Å². The third kappa shape index (κ3) is 1.27. The quantitative estimate of drug-likeness (QED) is 0.696. The molecule has 0 saturated heterocycles. The number of thioether (sulfide) groups is 1. The topological polar surface area (TPSA) is 20.3 Å². The Morgan fingerprint density at radius 1 is 1.31 bits per heavy atom. The van der Waals surface area contributed by atoms with Crippen LogP contribution in [-0.2, 0) is 0 Å². The van der Waals surface area contributed by atoms with Crippen LogP contribution in [0.25, 0.3) is 0 Å². The first-order chi connectivity index (χ1) is 7.68. The van der Waals surface area contributed by atoms with Gasteiger partial charge in [0.05, 0.1) is 10.6 Å². The van der Waals surface area contributed by atoms with Gasteiger partial charge in [0.1, 0.15) is 0 Å². The number of hydrogen-bond donors (Lipinski definition) is 0. The average Bonchev–Trinajstić information content (AvgIpc) is 2.29. The van der Waals surface area contributed by atoms with Gasteiger partial charge in [-0.1, -0.05) is 0 Å². The van der Waals surface area contributed by atoms with E-state index >= 15 is 0 Å². The molecular weight excluding hydrogens is 232 g/mol. The molecule has 0 amide bonds. The van der Waals surface area contributed by atoms with Crippen LogP contribution in [0.3, 0.4) is 0 Å². The van der Waals surface area contributed by atoms with Crippen LogP contribution in [0, 0.1) is 11.6 Å². The number of carbonyl (C=O) groups is 1. The first kappa shape index (κ1) is 10.1. The second-order valence-corrected chi connectivity index (χ2v) is 5.01. The van der Waals surface area contributed by atoms with E-state index in [9.17, 15) is 13.6 Å². The zero-order chi connectivity index (χ0) is 11.3. The van der Waals surface area contributed by atoms with E-state index in [4.69, 9.17) is 0 Å². The maximum Gasteiger partial charge on any atom is 0.174 e. The van der Waals surface area contributed by atoms with Crippen molar-refractivity contribution in [2.45, 2.75) is 11.3 Å². The van der Waals surface area contributed by atoms with Gasteiger partial charge >= 0.3 is 0 Å². The van der Waals surface area contributed by atoms with Crippen molar-refractivity contribution in [3.63, 3.8) is 0 Å². The molecule has 0 saturated carbocycles. The molecule has 2 aliphatic heterocycles. The van der Waals surface area contributed by atoms with Crippen LogP contribution in [0.15, 0.2) is 11.0 Å². The first-order valence-electron chi connectivity index (χ1n) is 5.11. The molecule has 2 nitrogen and oxygen atoms in total. The summed E-state index contributed by atoms with van der Waals surface area (Å²) in [6.45, 7) is 1.41. The highest BCUT2D eigenvalue weighted by molar-refractivity contribution is 7.99. The molecule has 0 aromatic heterocycles. The number of benzene rings is 1. The van der Waals surface area contributed by atoms with Crippen LogP contribution in [0.4, 0.5) is 14.5 Å². The van der Waals surface area contributed by atoms with E-state index in [1.54, 1.807) is 0 Å². The summed E-state index contributed by atoms with van der Waals surface area (Å²) >= 11 is 1.29. The van der Waals surface area contributed by atoms with Crippen molar-refractivity contribution in [1.82, 2.24) is 0 Å². The van der Waals surface area contributed by atoms with Gasteiger partial charge in [-0.05, 0) is 6.07 Å². The monoisotopic (exact) mass is 241 g/mol. The second-order valence-electron chi connectivity index (χ2n) is 3.91. The van der Waals surface area contributed by atoms with Crippen LogP contribution in [0.2, 0.25) is 0 Å². The van der Waals surface area contributed by atoms with Crippen LogP contribution in [0.1, 0.15) is 16.8 Å². The van der Waals surface area contributed by atoms with Gasteiger partial charge in [-0.3, -0.25) is 4.79 Å². The van der Waals surface area contributed by atoms with E-state index in [2.05, 4.69) is 0 Å². The molecule has 0 radical (unpaired) electrons. The van der Waals surface area contributed by atoms with Gasteiger partial charge < -0.3 is 4.90 Å². The molecule has 84 valence electrons. The summed E-state index contributed by atoms with van der Waals surface area (Å²) in [5.74, 6) is -1.09. The Labute approximate surface area is 95.6 Å². The van der Waals surface area contributed by atoms with Crippen molar-refractivity contribution in [2.75, 3.05) is 23.7 Å². The fraction of sp³-hybridized carbons (Fsp3) is 0.364. The predicted molar refractivity (Wildman–Crippen MR) is 58.2 cm³/mol. The zero-order valence-electron chi connectivity index (χ0n) is 8.43. The number of rotatable bonds is 0. The fourth-order valence-electron chi connectivity index (χ4n) is 2.22. The maximum absolute atomic E-state index is 13.6. The minimum atomic E-state index is -0.918. The Morgan fingerprint density at radius 2 is 2.12 bits per heavy atom. The zero-order valence-corrected chi connectivity index (χ0v) is 9.24. The number of hydrogen-bond acceptors (Lipinski definition) is 3. The lowest BCUT2D eigenvalue weighted by atomic mass is 9.99. The molecule has 3 rings (SSSR count). The third-order valence-electron chi connectivity index (χ3n) is 2.98. The van der Waals surface area contributed by atoms with Crippen LogP contribution in [-0.4, -0.2) is 24.6 Å². The first-order valence-corrected chi connectivity index (χ1v) is 6.10.